The summed E-state index contributed by atoms with van der Waals surface area (Å²) in [5.74, 6) is 0. The van der Waals surface area contributed by atoms with Crippen LogP contribution in [-0.2, 0) is 13.1 Å². The van der Waals surface area contributed by atoms with Crippen LogP contribution in [0, 0.1) is 0 Å². The summed E-state index contributed by atoms with van der Waals surface area (Å²) in [5.41, 5.74) is 3.20. The van der Waals surface area contributed by atoms with Gasteiger partial charge in [-0.25, -0.2) is 0 Å². The molecule has 102 valence electrons. The maximum atomic E-state index is 4.47. The molecule has 0 radical (unpaired) electrons. The third-order valence-electron chi connectivity index (χ3n) is 3.41. The first kappa shape index (κ1) is 12.6. The van der Waals surface area contributed by atoms with E-state index in [4.69, 9.17) is 0 Å². The Morgan fingerprint density at radius 1 is 1.20 bits per heavy atom. The third kappa shape index (κ3) is 2.22. The van der Waals surface area contributed by atoms with Crippen LogP contribution in [-0.4, -0.2) is 26.8 Å². The lowest BCUT2D eigenvalue weighted by Crippen LogP contribution is -2.19. The quantitative estimate of drug-likeness (QED) is 0.728. The number of aryl methyl sites for hydroxylation is 1. The second kappa shape index (κ2) is 5.28. The lowest BCUT2D eigenvalue weighted by atomic mass is 10.2. The predicted octanol–water partition coefficient (Wildman–Crippen LogP) is 2.48. The van der Waals surface area contributed by atoms with Gasteiger partial charge in [0.2, 0.25) is 0 Å². The molecule has 0 aliphatic carbocycles. The van der Waals surface area contributed by atoms with E-state index >= 15 is 0 Å². The topological polar surface area (TPSA) is 46.8 Å². The van der Waals surface area contributed by atoms with Gasteiger partial charge in [0.25, 0.3) is 0 Å². The molecule has 0 aromatic carbocycles. The molecule has 0 saturated heterocycles. The Labute approximate surface area is 117 Å². The van der Waals surface area contributed by atoms with Crippen molar-refractivity contribution in [1.29, 1.82) is 0 Å². The first-order chi connectivity index (χ1) is 9.79. The van der Waals surface area contributed by atoms with E-state index in [1.165, 1.54) is 5.69 Å². The van der Waals surface area contributed by atoms with E-state index in [2.05, 4.69) is 33.9 Å². The Morgan fingerprint density at radius 2 is 2.10 bits per heavy atom. The molecule has 20 heavy (non-hydrogen) atoms. The normalized spacial score (nSPS) is 10.9. The average Bonchev–Trinajstić information content (AvgIpc) is 2.93. The minimum absolute atomic E-state index is 0.783. The fourth-order valence-electron chi connectivity index (χ4n) is 2.37. The minimum Gasteiger partial charge on any atom is -0.366 e. The average molecular weight is 267 g/mol. The minimum atomic E-state index is 0.783. The van der Waals surface area contributed by atoms with Crippen LogP contribution in [0.5, 0.6) is 0 Å². The van der Waals surface area contributed by atoms with Crippen molar-refractivity contribution < 1.29 is 0 Å². The van der Waals surface area contributed by atoms with Gasteiger partial charge in [0.15, 0.2) is 0 Å². The summed E-state index contributed by atoms with van der Waals surface area (Å²) < 4.78 is 2.00. The van der Waals surface area contributed by atoms with Gasteiger partial charge < -0.3 is 4.90 Å². The molecule has 0 aliphatic rings. The van der Waals surface area contributed by atoms with Crippen molar-refractivity contribution in [2.24, 2.45) is 0 Å². The fraction of sp³-hybridized carbons (Fsp3) is 0.267. The second-order valence-corrected chi connectivity index (χ2v) is 4.73. The largest absolute Gasteiger partial charge is 0.366 e. The van der Waals surface area contributed by atoms with Crippen molar-refractivity contribution in [3.63, 3.8) is 0 Å². The van der Waals surface area contributed by atoms with Crippen LogP contribution < -0.4 is 4.90 Å². The first-order valence-electron chi connectivity index (χ1n) is 6.70. The molecule has 5 heteroatoms. The number of anilines is 1. The van der Waals surface area contributed by atoms with Gasteiger partial charge >= 0.3 is 0 Å². The zero-order valence-electron chi connectivity index (χ0n) is 11.7. The molecule has 3 aromatic heterocycles. The van der Waals surface area contributed by atoms with Gasteiger partial charge in [-0.2, -0.15) is 5.10 Å². The van der Waals surface area contributed by atoms with Crippen LogP contribution in [0.25, 0.3) is 10.9 Å². The van der Waals surface area contributed by atoms with Gasteiger partial charge in [-0.15, -0.1) is 0 Å². The Hall–Kier alpha value is -2.43. The molecular formula is C15H17N5. The standard InChI is InChI=1S/C15H17N5/c1-3-20-13(6-8-18-20)11-19(2)14-10-16-9-12-5-4-7-17-15(12)14/h4-10H,3,11H2,1-2H3. The molecule has 0 bridgehead atoms. The maximum absolute atomic E-state index is 4.47. The summed E-state index contributed by atoms with van der Waals surface area (Å²) in [7, 11) is 2.05. The highest BCUT2D eigenvalue weighted by molar-refractivity contribution is 5.89. The van der Waals surface area contributed by atoms with E-state index in [1.54, 1.807) is 0 Å². The van der Waals surface area contributed by atoms with Crippen molar-refractivity contribution in [1.82, 2.24) is 19.7 Å². The highest BCUT2D eigenvalue weighted by Gasteiger charge is 2.10. The second-order valence-electron chi connectivity index (χ2n) is 4.73. The lowest BCUT2D eigenvalue weighted by molar-refractivity contribution is 0.617. The van der Waals surface area contributed by atoms with Crippen LogP contribution in [0.1, 0.15) is 12.6 Å². The van der Waals surface area contributed by atoms with E-state index in [0.29, 0.717) is 0 Å². The molecule has 0 atom stereocenters. The first-order valence-corrected chi connectivity index (χ1v) is 6.70. The summed E-state index contributed by atoms with van der Waals surface area (Å²) in [6.45, 7) is 3.75. The highest BCUT2D eigenvalue weighted by Crippen LogP contribution is 2.23. The monoisotopic (exact) mass is 267 g/mol. The molecule has 0 fully saturated rings. The molecule has 3 rings (SSSR count). The summed E-state index contributed by atoms with van der Waals surface area (Å²) in [6, 6.07) is 6.01. The van der Waals surface area contributed by atoms with Crippen LogP contribution in [0.4, 0.5) is 5.69 Å². The van der Waals surface area contributed by atoms with E-state index < -0.39 is 0 Å². The highest BCUT2D eigenvalue weighted by atomic mass is 15.3. The van der Waals surface area contributed by atoms with Crippen molar-refractivity contribution in [2.75, 3.05) is 11.9 Å². The molecule has 0 unspecified atom stereocenters. The van der Waals surface area contributed by atoms with Gasteiger partial charge in [0, 0.05) is 37.6 Å². The number of hydrogen-bond donors (Lipinski definition) is 0. The lowest BCUT2D eigenvalue weighted by Gasteiger charge is -2.20. The van der Waals surface area contributed by atoms with Gasteiger partial charge in [0.05, 0.1) is 29.6 Å². The Balaban J connectivity index is 1.95. The number of hydrogen-bond acceptors (Lipinski definition) is 4. The number of nitrogens with zero attached hydrogens (tertiary/aromatic N) is 5. The number of fused-ring (bicyclic) bond motifs is 1. The van der Waals surface area contributed by atoms with E-state index in [-0.39, 0.29) is 0 Å². The van der Waals surface area contributed by atoms with E-state index in [9.17, 15) is 0 Å². The SMILES string of the molecule is CCn1nccc1CN(C)c1cncc2cccnc12. The Kier molecular flexibility index (Phi) is 3.33. The molecule has 0 spiro atoms. The maximum Gasteiger partial charge on any atom is 0.0966 e. The van der Waals surface area contributed by atoms with E-state index in [0.717, 1.165) is 29.7 Å². The van der Waals surface area contributed by atoms with Crippen molar-refractivity contribution in [3.05, 3.63) is 48.7 Å². The van der Waals surface area contributed by atoms with Gasteiger partial charge in [-0.3, -0.25) is 14.6 Å². The predicted molar refractivity (Wildman–Crippen MR) is 79.5 cm³/mol. The molecule has 3 heterocycles. The molecule has 3 aromatic rings. The van der Waals surface area contributed by atoms with Crippen LogP contribution in [0.2, 0.25) is 0 Å². The van der Waals surface area contributed by atoms with Crippen LogP contribution in [0.3, 0.4) is 0 Å². The van der Waals surface area contributed by atoms with Crippen molar-refractivity contribution in [3.8, 4) is 0 Å². The number of pyridine rings is 2. The van der Waals surface area contributed by atoms with Crippen LogP contribution >= 0.6 is 0 Å². The zero-order chi connectivity index (χ0) is 13.9. The molecule has 0 N–H and O–H groups in total. The van der Waals surface area contributed by atoms with Gasteiger partial charge in [0.1, 0.15) is 0 Å². The zero-order valence-corrected chi connectivity index (χ0v) is 11.7. The smallest absolute Gasteiger partial charge is 0.0966 e. The Bertz CT molecular complexity index is 714. The number of aromatic nitrogens is 4. The third-order valence-corrected chi connectivity index (χ3v) is 3.41. The number of rotatable bonds is 4. The van der Waals surface area contributed by atoms with Gasteiger partial charge in [-0.1, -0.05) is 0 Å². The summed E-state index contributed by atoms with van der Waals surface area (Å²) >= 11 is 0. The molecule has 0 saturated carbocycles. The summed E-state index contributed by atoms with van der Waals surface area (Å²) in [4.78, 5) is 10.9. The van der Waals surface area contributed by atoms with Crippen LogP contribution in [0.15, 0.2) is 43.0 Å². The van der Waals surface area contributed by atoms with E-state index in [1.807, 2.05) is 47.7 Å². The summed E-state index contributed by atoms with van der Waals surface area (Å²) in [6.07, 6.45) is 7.36. The molecule has 0 aliphatic heterocycles. The molecule has 0 amide bonds. The molecular weight excluding hydrogens is 250 g/mol. The fourth-order valence-corrected chi connectivity index (χ4v) is 2.37. The molecule has 5 nitrogen and oxygen atoms in total. The summed E-state index contributed by atoms with van der Waals surface area (Å²) in [5, 5.41) is 5.36. The van der Waals surface area contributed by atoms with Crippen molar-refractivity contribution in [2.45, 2.75) is 20.0 Å². The van der Waals surface area contributed by atoms with Gasteiger partial charge in [-0.05, 0) is 25.1 Å². The van der Waals surface area contributed by atoms with Crippen molar-refractivity contribution >= 4 is 16.6 Å². The Morgan fingerprint density at radius 3 is 2.95 bits per heavy atom.